The van der Waals surface area contributed by atoms with E-state index in [1.165, 1.54) is 35.7 Å². The Morgan fingerprint density at radius 3 is 1.58 bits per heavy atom. The lowest BCUT2D eigenvalue weighted by Crippen LogP contribution is -2.22. The van der Waals surface area contributed by atoms with Crippen LogP contribution in [0.15, 0.2) is 58.6 Å². The Morgan fingerprint density at radius 1 is 0.742 bits per heavy atom. The number of H-pyrrole nitrogens is 2. The van der Waals surface area contributed by atoms with E-state index in [9.17, 15) is 9.59 Å². The van der Waals surface area contributed by atoms with Gasteiger partial charge in [0.25, 0.3) is 0 Å². The molecule has 6 nitrogen and oxygen atoms in total. The second kappa shape index (κ2) is 9.31. The zero-order chi connectivity index (χ0) is 21.8. The molecule has 2 aromatic heterocycles. The smallest absolute Gasteiger partial charge is 0.216 e. The summed E-state index contributed by atoms with van der Waals surface area (Å²) in [5, 5.41) is 10.3. The summed E-state index contributed by atoms with van der Waals surface area (Å²) in [6.07, 6.45) is 1.49. The Morgan fingerprint density at radius 2 is 1.16 bits per heavy atom. The minimum absolute atomic E-state index is 0.0232. The van der Waals surface area contributed by atoms with Crippen LogP contribution in [0.1, 0.15) is 25.0 Å². The molecule has 0 bridgehead atoms. The Balaban J connectivity index is 1.69. The topological polar surface area (TPSA) is 89.8 Å². The number of carbonyl (C=O) groups is 2. The van der Waals surface area contributed by atoms with Crippen molar-refractivity contribution in [3.63, 3.8) is 0 Å². The first-order valence-corrected chi connectivity index (χ1v) is 11.2. The summed E-state index contributed by atoms with van der Waals surface area (Å²) in [4.78, 5) is 29.8. The summed E-state index contributed by atoms with van der Waals surface area (Å²) in [7, 11) is 0. The zero-order valence-electron chi connectivity index (χ0n) is 17.7. The fourth-order valence-electron chi connectivity index (χ4n) is 3.85. The standard InChI is InChI=1S/C24H26N4O2S/c1-15(29)25-13-11-19-17-7-3-5-9-21(17)27-23(19)31-24-20(12-14-26-16(2)30)18-8-4-6-10-22(18)28-24/h3-10,27-28H,11-14H2,1-2H3,(H,25,29)(H,26,30). The van der Waals surface area contributed by atoms with E-state index in [0.29, 0.717) is 13.1 Å². The van der Waals surface area contributed by atoms with Crippen LogP contribution in [0.2, 0.25) is 0 Å². The van der Waals surface area contributed by atoms with Gasteiger partial charge in [-0.05, 0) is 36.1 Å². The van der Waals surface area contributed by atoms with Crippen molar-refractivity contribution >= 4 is 45.4 Å². The molecule has 2 heterocycles. The minimum atomic E-state index is -0.0232. The van der Waals surface area contributed by atoms with Crippen LogP contribution in [0.3, 0.4) is 0 Å². The molecule has 0 aliphatic rings. The predicted octanol–water partition coefficient (Wildman–Crippen LogP) is 4.16. The van der Waals surface area contributed by atoms with Gasteiger partial charge in [-0.15, -0.1) is 0 Å². The van der Waals surface area contributed by atoms with Crippen LogP contribution in [-0.2, 0) is 22.4 Å². The molecule has 160 valence electrons. The molecule has 2 amide bonds. The number of hydrogen-bond donors (Lipinski definition) is 4. The largest absolute Gasteiger partial charge is 0.356 e. The first-order valence-electron chi connectivity index (χ1n) is 10.4. The highest BCUT2D eigenvalue weighted by atomic mass is 32.2. The maximum atomic E-state index is 11.3. The second-order valence-corrected chi connectivity index (χ2v) is 8.55. The van der Waals surface area contributed by atoms with Crippen LogP contribution in [0.4, 0.5) is 0 Å². The average molecular weight is 435 g/mol. The third-order valence-electron chi connectivity index (χ3n) is 5.25. The van der Waals surface area contributed by atoms with Crippen molar-refractivity contribution in [3.8, 4) is 0 Å². The fraction of sp³-hybridized carbons (Fsp3) is 0.250. The Bertz CT molecular complexity index is 1150. The molecule has 4 rings (SSSR count). The fourth-order valence-corrected chi connectivity index (χ4v) is 5.05. The molecule has 7 heteroatoms. The molecule has 0 unspecified atom stereocenters. The first-order chi connectivity index (χ1) is 15.0. The van der Waals surface area contributed by atoms with Gasteiger partial charge in [-0.1, -0.05) is 48.2 Å². The molecule has 31 heavy (non-hydrogen) atoms. The first kappa shape index (κ1) is 21.1. The number of para-hydroxylation sites is 2. The molecule has 4 N–H and O–H groups in total. The van der Waals surface area contributed by atoms with Crippen molar-refractivity contribution in [2.24, 2.45) is 0 Å². The van der Waals surface area contributed by atoms with Crippen molar-refractivity contribution in [1.82, 2.24) is 20.6 Å². The van der Waals surface area contributed by atoms with E-state index in [2.05, 4.69) is 44.9 Å². The van der Waals surface area contributed by atoms with Gasteiger partial charge >= 0.3 is 0 Å². The predicted molar refractivity (Wildman–Crippen MR) is 125 cm³/mol. The van der Waals surface area contributed by atoms with Crippen LogP contribution in [0, 0.1) is 0 Å². The molecule has 2 aromatic carbocycles. The van der Waals surface area contributed by atoms with Gasteiger partial charge in [0.1, 0.15) is 0 Å². The molecule has 0 aliphatic heterocycles. The van der Waals surface area contributed by atoms with Crippen molar-refractivity contribution in [2.45, 2.75) is 36.7 Å². The highest BCUT2D eigenvalue weighted by Gasteiger charge is 2.17. The second-order valence-electron chi connectivity index (χ2n) is 7.52. The summed E-state index contributed by atoms with van der Waals surface area (Å²) >= 11 is 1.67. The van der Waals surface area contributed by atoms with Gasteiger partial charge in [0.15, 0.2) is 0 Å². The van der Waals surface area contributed by atoms with Crippen molar-refractivity contribution in [2.75, 3.05) is 13.1 Å². The van der Waals surface area contributed by atoms with Gasteiger partial charge in [0.05, 0.1) is 10.1 Å². The highest BCUT2D eigenvalue weighted by Crippen LogP contribution is 2.38. The van der Waals surface area contributed by atoms with Crippen molar-refractivity contribution in [1.29, 1.82) is 0 Å². The quantitative estimate of drug-likeness (QED) is 0.336. The summed E-state index contributed by atoms with van der Waals surface area (Å²) in [6.45, 7) is 4.26. The molecule has 4 aromatic rings. The number of carbonyl (C=O) groups excluding carboxylic acids is 2. The van der Waals surface area contributed by atoms with E-state index in [0.717, 1.165) is 33.9 Å². The molecular formula is C24H26N4O2S. The van der Waals surface area contributed by atoms with E-state index in [1.54, 1.807) is 11.8 Å². The third-order valence-corrected chi connectivity index (χ3v) is 6.36. The van der Waals surface area contributed by atoms with Crippen LogP contribution in [-0.4, -0.2) is 34.9 Å². The number of hydrogen-bond acceptors (Lipinski definition) is 3. The summed E-state index contributed by atoms with van der Waals surface area (Å²) < 4.78 is 0. The Labute approximate surface area is 185 Å². The maximum absolute atomic E-state index is 11.3. The molecule has 0 radical (unpaired) electrons. The van der Waals surface area contributed by atoms with E-state index in [-0.39, 0.29) is 11.8 Å². The molecule has 0 saturated heterocycles. The van der Waals surface area contributed by atoms with Crippen LogP contribution in [0.25, 0.3) is 21.8 Å². The monoisotopic (exact) mass is 434 g/mol. The molecule has 0 fully saturated rings. The lowest BCUT2D eigenvalue weighted by Gasteiger charge is -2.08. The lowest BCUT2D eigenvalue weighted by molar-refractivity contribution is -0.119. The van der Waals surface area contributed by atoms with Crippen molar-refractivity contribution < 1.29 is 9.59 Å². The minimum Gasteiger partial charge on any atom is -0.356 e. The van der Waals surface area contributed by atoms with Gasteiger partial charge in [-0.3, -0.25) is 9.59 Å². The van der Waals surface area contributed by atoms with Crippen LogP contribution in [0.5, 0.6) is 0 Å². The normalized spacial score (nSPS) is 11.2. The molecular weight excluding hydrogens is 408 g/mol. The van der Waals surface area contributed by atoms with Gasteiger partial charge in [0, 0.05) is 48.7 Å². The van der Waals surface area contributed by atoms with Crippen molar-refractivity contribution in [3.05, 3.63) is 59.7 Å². The Kier molecular flexibility index (Phi) is 6.32. The zero-order valence-corrected chi connectivity index (χ0v) is 18.5. The molecule has 0 spiro atoms. The van der Waals surface area contributed by atoms with E-state index in [4.69, 9.17) is 0 Å². The lowest BCUT2D eigenvalue weighted by atomic mass is 10.1. The number of aromatic amines is 2. The molecule has 0 aliphatic carbocycles. The van der Waals surface area contributed by atoms with Crippen LogP contribution < -0.4 is 10.6 Å². The van der Waals surface area contributed by atoms with E-state index >= 15 is 0 Å². The maximum Gasteiger partial charge on any atom is 0.216 e. The van der Waals surface area contributed by atoms with Crippen LogP contribution >= 0.6 is 11.8 Å². The number of fused-ring (bicyclic) bond motifs is 2. The summed E-state index contributed by atoms with van der Waals surface area (Å²) in [6, 6.07) is 16.5. The number of aromatic nitrogens is 2. The molecule has 0 atom stereocenters. The number of amides is 2. The SMILES string of the molecule is CC(=O)NCCc1c(Sc2[nH]c3ccccc3c2CCNC(C)=O)[nH]c2ccccc12. The van der Waals surface area contributed by atoms with Gasteiger partial charge in [0.2, 0.25) is 11.8 Å². The third kappa shape index (κ3) is 4.77. The number of rotatable bonds is 8. The summed E-state index contributed by atoms with van der Waals surface area (Å²) in [5.41, 5.74) is 4.55. The van der Waals surface area contributed by atoms with Gasteiger partial charge < -0.3 is 20.6 Å². The summed E-state index contributed by atoms with van der Waals surface area (Å²) in [5.74, 6) is -0.0464. The number of benzene rings is 2. The van der Waals surface area contributed by atoms with Gasteiger partial charge in [-0.25, -0.2) is 0 Å². The number of nitrogens with one attached hydrogen (secondary N) is 4. The van der Waals surface area contributed by atoms with E-state index < -0.39 is 0 Å². The van der Waals surface area contributed by atoms with E-state index in [1.807, 2.05) is 24.3 Å². The average Bonchev–Trinajstić information content (AvgIpc) is 3.26. The molecule has 0 saturated carbocycles. The van der Waals surface area contributed by atoms with Gasteiger partial charge in [-0.2, -0.15) is 0 Å². The Hall–Kier alpha value is -3.19. The highest BCUT2D eigenvalue weighted by molar-refractivity contribution is 7.99.